The van der Waals surface area contributed by atoms with E-state index in [0.717, 1.165) is 29.9 Å². The van der Waals surface area contributed by atoms with Crippen molar-refractivity contribution in [1.29, 1.82) is 0 Å². The van der Waals surface area contributed by atoms with Crippen LogP contribution in [0.25, 0.3) is 0 Å². The zero-order chi connectivity index (χ0) is 19.2. The summed E-state index contributed by atoms with van der Waals surface area (Å²) >= 11 is 0. The molecule has 1 aliphatic rings. The largest absolute Gasteiger partial charge is 0.352 e. The average molecular weight is 369 g/mol. The van der Waals surface area contributed by atoms with Crippen molar-refractivity contribution >= 4 is 5.91 Å². The number of amides is 1. The molecule has 5 nitrogen and oxygen atoms in total. The van der Waals surface area contributed by atoms with Crippen molar-refractivity contribution in [1.82, 2.24) is 20.0 Å². The third-order valence-electron chi connectivity index (χ3n) is 5.63. The minimum absolute atomic E-state index is 0.0926. The van der Waals surface area contributed by atoms with E-state index in [-0.39, 0.29) is 5.91 Å². The van der Waals surface area contributed by atoms with Crippen LogP contribution in [0.5, 0.6) is 0 Å². The molecule has 146 valence electrons. The molecule has 0 unspecified atom stereocenters. The summed E-state index contributed by atoms with van der Waals surface area (Å²) in [5, 5.41) is 7.45. The van der Waals surface area contributed by atoms with Crippen LogP contribution in [0.3, 0.4) is 0 Å². The number of aryl methyl sites for hydroxylation is 2. The second-order valence-electron chi connectivity index (χ2n) is 7.70. The van der Waals surface area contributed by atoms with Gasteiger partial charge >= 0.3 is 0 Å². The van der Waals surface area contributed by atoms with E-state index in [4.69, 9.17) is 0 Å². The first-order chi connectivity index (χ1) is 13.0. The molecule has 0 atom stereocenters. The SMILES string of the molecule is Cc1nn(C)c(C)c1CCC(=O)NCc1ccc(CN2CCCCC2)cc1. The fraction of sp³-hybridized carbons (Fsp3) is 0.545. The number of benzene rings is 1. The number of rotatable bonds is 7. The van der Waals surface area contributed by atoms with Crippen molar-refractivity contribution in [2.75, 3.05) is 13.1 Å². The summed E-state index contributed by atoms with van der Waals surface area (Å²) < 4.78 is 1.88. The predicted octanol–water partition coefficient (Wildman–Crippen LogP) is 3.27. The summed E-state index contributed by atoms with van der Waals surface area (Å²) in [4.78, 5) is 14.7. The maximum Gasteiger partial charge on any atom is 0.220 e. The number of carbonyl (C=O) groups excluding carboxylic acids is 1. The van der Waals surface area contributed by atoms with E-state index in [0.29, 0.717) is 13.0 Å². The van der Waals surface area contributed by atoms with Gasteiger partial charge in [0.2, 0.25) is 5.91 Å². The molecule has 3 rings (SSSR count). The van der Waals surface area contributed by atoms with E-state index in [1.807, 2.05) is 18.7 Å². The van der Waals surface area contributed by atoms with Crippen LogP contribution in [0, 0.1) is 13.8 Å². The summed E-state index contributed by atoms with van der Waals surface area (Å²) in [7, 11) is 1.95. The highest BCUT2D eigenvalue weighted by atomic mass is 16.1. The molecular formula is C22H32N4O. The van der Waals surface area contributed by atoms with Gasteiger partial charge in [-0.3, -0.25) is 14.4 Å². The van der Waals surface area contributed by atoms with Crippen molar-refractivity contribution in [3.05, 3.63) is 52.3 Å². The van der Waals surface area contributed by atoms with E-state index >= 15 is 0 Å². The van der Waals surface area contributed by atoms with Crippen LogP contribution in [-0.2, 0) is 31.4 Å². The van der Waals surface area contributed by atoms with E-state index in [1.165, 1.54) is 43.5 Å². The second kappa shape index (κ2) is 9.18. The lowest BCUT2D eigenvalue weighted by Gasteiger charge is -2.26. The van der Waals surface area contributed by atoms with Crippen LogP contribution >= 0.6 is 0 Å². The molecule has 1 N–H and O–H groups in total. The van der Waals surface area contributed by atoms with Crippen LogP contribution < -0.4 is 5.32 Å². The van der Waals surface area contributed by atoms with E-state index in [1.54, 1.807) is 0 Å². The normalized spacial score (nSPS) is 15.1. The molecule has 1 aliphatic heterocycles. The molecule has 1 aromatic heterocycles. The highest BCUT2D eigenvalue weighted by Gasteiger charge is 2.12. The van der Waals surface area contributed by atoms with Gasteiger partial charge in [0.15, 0.2) is 0 Å². The van der Waals surface area contributed by atoms with Gasteiger partial charge in [-0.2, -0.15) is 5.10 Å². The molecule has 0 spiro atoms. The maximum atomic E-state index is 12.2. The van der Waals surface area contributed by atoms with Crippen molar-refractivity contribution in [3.8, 4) is 0 Å². The first-order valence-electron chi connectivity index (χ1n) is 10.1. The minimum Gasteiger partial charge on any atom is -0.352 e. The quantitative estimate of drug-likeness (QED) is 0.816. The molecule has 0 aliphatic carbocycles. The Morgan fingerprint density at radius 1 is 1.07 bits per heavy atom. The number of nitrogens with one attached hydrogen (secondary N) is 1. The Labute approximate surface area is 162 Å². The third-order valence-corrected chi connectivity index (χ3v) is 5.63. The fourth-order valence-corrected chi connectivity index (χ4v) is 3.85. The molecular weight excluding hydrogens is 336 g/mol. The highest BCUT2D eigenvalue weighted by Crippen LogP contribution is 2.15. The molecule has 1 saturated heterocycles. The Bertz CT molecular complexity index is 757. The molecule has 1 aromatic carbocycles. The maximum absolute atomic E-state index is 12.2. The molecule has 2 heterocycles. The van der Waals surface area contributed by atoms with Gasteiger partial charge in [0.1, 0.15) is 0 Å². The Kier molecular flexibility index (Phi) is 6.67. The number of hydrogen-bond acceptors (Lipinski definition) is 3. The minimum atomic E-state index is 0.0926. The smallest absolute Gasteiger partial charge is 0.220 e. The van der Waals surface area contributed by atoms with Crippen molar-refractivity contribution in [3.63, 3.8) is 0 Å². The highest BCUT2D eigenvalue weighted by molar-refractivity contribution is 5.76. The standard InChI is InChI=1S/C22H32N4O/c1-17-21(18(2)25(3)24-17)11-12-22(27)23-15-19-7-9-20(10-8-19)16-26-13-5-4-6-14-26/h7-10H,4-6,11-16H2,1-3H3,(H,23,27). The summed E-state index contributed by atoms with van der Waals surface area (Å²) in [6.45, 7) is 8.12. The van der Waals surface area contributed by atoms with E-state index < -0.39 is 0 Å². The zero-order valence-corrected chi connectivity index (χ0v) is 16.9. The van der Waals surface area contributed by atoms with Crippen LogP contribution in [0.1, 0.15) is 53.8 Å². The van der Waals surface area contributed by atoms with Crippen LogP contribution in [0.4, 0.5) is 0 Å². The molecule has 27 heavy (non-hydrogen) atoms. The topological polar surface area (TPSA) is 50.2 Å². The lowest BCUT2D eigenvalue weighted by Crippen LogP contribution is -2.29. The number of hydrogen-bond donors (Lipinski definition) is 1. The van der Waals surface area contributed by atoms with Gasteiger partial charge in [-0.25, -0.2) is 0 Å². The monoisotopic (exact) mass is 368 g/mol. The summed E-state index contributed by atoms with van der Waals surface area (Å²) in [6.07, 6.45) is 5.26. The van der Waals surface area contributed by atoms with E-state index in [2.05, 4.69) is 46.5 Å². The summed E-state index contributed by atoms with van der Waals surface area (Å²) in [5.41, 5.74) is 5.86. The Morgan fingerprint density at radius 3 is 2.37 bits per heavy atom. The lowest BCUT2D eigenvalue weighted by atomic mass is 10.1. The van der Waals surface area contributed by atoms with Gasteiger partial charge in [0.05, 0.1) is 5.69 Å². The number of piperidine rings is 1. The van der Waals surface area contributed by atoms with Crippen LogP contribution in [-0.4, -0.2) is 33.7 Å². The molecule has 2 aromatic rings. The summed E-state index contributed by atoms with van der Waals surface area (Å²) in [5.74, 6) is 0.0926. The number of nitrogens with zero attached hydrogens (tertiary/aromatic N) is 3. The van der Waals surface area contributed by atoms with Crippen molar-refractivity contribution in [2.45, 2.75) is 59.0 Å². The van der Waals surface area contributed by atoms with E-state index in [9.17, 15) is 4.79 Å². The molecule has 0 radical (unpaired) electrons. The molecule has 1 amide bonds. The first-order valence-corrected chi connectivity index (χ1v) is 10.1. The number of likely N-dealkylation sites (tertiary alicyclic amines) is 1. The Morgan fingerprint density at radius 2 is 1.74 bits per heavy atom. The molecule has 0 bridgehead atoms. The van der Waals surface area contributed by atoms with Crippen molar-refractivity contribution < 1.29 is 4.79 Å². The van der Waals surface area contributed by atoms with Crippen LogP contribution in [0.15, 0.2) is 24.3 Å². The Hall–Kier alpha value is -2.14. The molecule has 1 fully saturated rings. The fourth-order valence-electron chi connectivity index (χ4n) is 3.85. The first kappa shape index (κ1) is 19.6. The van der Waals surface area contributed by atoms with Gasteiger partial charge in [0, 0.05) is 32.3 Å². The second-order valence-corrected chi connectivity index (χ2v) is 7.70. The van der Waals surface area contributed by atoms with Crippen LogP contribution in [0.2, 0.25) is 0 Å². The number of carbonyl (C=O) groups is 1. The van der Waals surface area contributed by atoms with Gasteiger partial charge in [0.25, 0.3) is 0 Å². The third kappa shape index (κ3) is 5.42. The van der Waals surface area contributed by atoms with Gasteiger partial charge in [-0.05, 0) is 62.9 Å². The van der Waals surface area contributed by atoms with Gasteiger partial charge < -0.3 is 5.32 Å². The van der Waals surface area contributed by atoms with Crippen molar-refractivity contribution in [2.24, 2.45) is 7.05 Å². The molecule has 5 heteroatoms. The average Bonchev–Trinajstić information content (AvgIpc) is 2.92. The van der Waals surface area contributed by atoms with Gasteiger partial charge in [-0.1, -0.05) is 30.7 Å². The Balaban J connectivity index is 1.43. The lowest BCUT2D eigenvalue weighted by molar-refractivity contribution is -0.121. The molecule has 0 saturated carbocycles. The summed E-state index contributed by atoms with van der Waals surface area (Å²) in [6, 6.07) is 8.65. The number of aromatic nitrogens is 2. The zero-order valence-electron chi connectivity index (χ0n) is 16.9. The predicted molar refractivity (Wildman–Crippen MR) is 108 cm³/mol. The van der Waals surface area contributed by atoms with Gasteiger partial charge in [-0.15, -0.1) is 0 Å².